The normalized spacial score (nSPS) is 11.5. The quantitative estimate of drug-likeness (QED) is 0.482. The second-order valence-electron chi connectivity index (χ2n) is 2.90. The van der Waals surface area contributed by atoms with Crippen molar-refractivity contribution < 1.29 is 4.92 Å². The molecule has 0 amide bonds. The Balaban J connectivity index is 4.16. The van der Waals surface area contributed by atoms with E-state index in [9.17, 15) is 10.1 Å². The zero-order valence-corrected chi connectivity index (χ0v) is 7.17. The van der Waals surface area contributed by atoms with Crippen molar-refractivity contribution in [2.45, 2.75) is 26.7 Å². The molecule has 66 valence electrons. The average Bonchev–Trinajstić information content (AvgIpc) is 2.00. The number of nitrogens with two attached hydrogens (primary N) is 1. The molecular formula is C7H16N2O2. The van der Waals surface area contributed by atoms with E-state index < -0.39 is 0 Å². The van der Waals surface area contributed by atoms with Gasteiger partial charge in [-0.3, -0.25) is 10.1 Å². The van der Waals surface area contributed by atoms with Crippen LogP contribution in [0.4, 0.5) is 0 Å². The Morgan fingerprint density at radius 1 is 1.45 bits per heavy atom. The Morgan fingerprint density at radius 2 is 1.91 bits per heavy atom. The second kappa shape index (κ2) is 4.28. The standard InChI is InChI=1S/C7H16N2O2/c1-3-7(4-2,5-8)6-9(10)11/h3-6,8H2,1-2H3. The van der Waals surface area contributed by atoms with E-state index in [1.165, 1.54) is 0 Å². The molecule has 0 radical (unpaired) electrons. The van der Waals surface area contributed by atoms with E-state index in [1.54, 1.807) is 0 Å². The summed E-state index contributed by atoms with van der Waals surface area (Å²) in [6.45, 7) is 4.29. The first-order valence-corrected chi connectivity index (χ1v) is 3.92. The highest BCUT2D eigenvalue weighted by atomic mass is 16.6. The molecule has 0 saturated carbocycles. The third-order valence-electron chi connectivity index (χ3n) is 2.40. The first-order chi connectivity index (χ1) is 5.10. The van der Waals surface area contributed by atoms with Gasteiger partial charge in [0, 0.05) is 16.9 Å². The van der Waals surface area contributed by atoms with Crippen LogP contribution in [0.15, 0.2) is 0 Å². The molecule has 0 atom stereocenters. The molecular weight excluding hydrogens is 144 g/mol. The third kappa shape index (κ3) is 2.84. The van der Waals surface area contributed by atoms with Crippen molar-refractivity contribution in [1.29, 1.82) is 0 Å². The first-order valence-electron chi connectivity index (χ1n) is 3.92. The molecule has 2 N–H and O–H groups in total. The fourth-order valence-electron chi connectivity index (χ4n) is 1.10. The molecule has 0 aliphatic carbocycles. The summed E-state index contributed by atoms with van der Waals surface area (Å²) >= 11 is 0. The van der Waals surface area contributed by atoms with Gasteiger partial charge in [-0.2, -0.15) is 0 Å². The molecule has 0 heterocycles. The van der Waals surface area contributed by atoms with Gasteiger partial charge < -0.3 is 5.73 Å². The van der Waals surface area contributed by atoms with E-state index in [2.05, 4.69) is 0 Å². The summed E-state index contributed by atoms with van der Waals surface area (Å²) in [5.74, 6) is 0. The lowest BCUT2D eigenvalue weighted by molar-refractivity contribution is -0.497. The summed E-state index contributed by atoms with van der Waals surface area (Å²) in [4.78, 5) is 9.96. The Hall–Kier alpha value is -0.640. The summed E-state index contributed by atoms with van der Waals surface area (Å²) < 4.78 is 0. The molecule has 0 rings (SSSR count). The lowest BCUT2D eigenvalue weighted by Crippen LogP contribution is -2.36. The van der Waals surface area contributed by atoms with Crippen LogP contribution in [0.3, 0.4) is 0 Å². The number of hydrogen-bond donors (Lipinski definition) is 1. The Kier molecular flexibility index (Phi) is 4.03. The molecule has 0 fully saturated rings. The SMILES string of the molecule is CCC(CC)(CN)C[N+](=O)[O-]. The van der Waals surface area contributed by atoms with Crippen LogP contribution in [-0.2, 0) is 0 Å². The van der Waals surface area contributed by atoms with E-state index in [1.807, 2.05) is 13.8 Å². The summed E-state index contributed by atoms with van der Waals surface area (Å²) in [5, 5.41) is 10.2. The van der Waals surface area contributed by atoms with Gasteiger partial charge in [-0.1, -0.05) is 13.8 Å². The fourth-order valence-corrected chi connectivity index (χ4v) is 1.10. The highest BCUT2D eigenvalue weighted by molar-refractivity contribution is 4.76. The van der Waals surface area contributed by atoms with Crippen LogP contribution in [0.25, 0.3) is 0 Å². The van der Waals surface area contributed by atoms with E-state index in [-0.39, 0.29) is 16.9 Å². The van der Waals surface area contributed by atoms with Gasteiger partial charge in [0.1, 0.15) is 0 Å². The van der Waals surface area contributed by atoms with Crippen LogP contribution in [-0.4, -0.2) is 18.0 Å². The number of rotatable bonds is 5. The molecule has 0 aromatic rings. The van der Waals surface area contributed by atoms with Gasteiger partial charge in [0.05, 0.1) is 0 Å². The maximum absolute atomic E-state index is 10.2. The number of nitro groups is 1. The van der Waals surface area contributed by atoms with Crippen LogP contribution < -0.4 is 5.73 Å². The molecule has 4 nitrogen and oxygen atoms in total. The van der Waals surface area contributed by atoms with Crippen molar-refractivity contribution in [2.75, 3.05) is 13.1 Å². The number of nitrogens with zero attached hydrogens (tertiary/aromatic N) is 1. The van der Waals surface area contributed by atoms with Gasteiger partial charge >= 0.3 is 0 Å². The van der Waals surface area contributed by atoms with Crippen molar-refractivity contribution in [3.63, 3.8) is 0 Å². The first kappa shape index (κ1) is 10.4. The minimum absolute atomic E-state index is 0.00347. The van der Waals surface area contributed by atoms with E-state index >= 15 is 0 Å². The van der Waals surface area contributed by atoms with Crippen molar-refractivity contribution in [3.05, 3.63) is 10.1 Å². The Morgan fingerprint density at radius 3 is 2.00 bits per heavy atom. The highest BCUT2D eigenvalue weighted by Gasteiger charge is 2.30. The van der Waals surface area contributed by atoms with Gasteiger partial charge in [0.2, 0.25) is 6.54 Å². The fraction of sp³-hybridized carbons (Fsp3) is 1.00. The minimum atomic E-state index is -0.278. The second-order valence-corrected chi connectivity index (χ2v) is 2.90. The molecule has 11 heavy (non-hydrogen) atoms. The molecule has 0 bridgehead atoms. The Bertz CT molecular complexity index is 124. The lowest BCUT2D eigenvalue weighted by atomic mass is 9.83. The topological polar surface area (TPSA) is 69.2 Å². The monoisotopic (exact) mass is 160 g/mol. The van der Waals surface area contributed by atoms with Crippen molar-refractivity contribution in [2.24, 2.45) is 11.1 Å². The molecule has 0 aromatic heterocycles. The van der Waals surface area contributed by atoms with Crippen LogP contribution in [0, 0.1) is 15.5 Å². The van der Waals surface area contributed by atoms with Gasteiger partial charge in [-0.05, 0) is 12.8 Å². The molecule has 0 aliphatic heterocycles. The predicted molar refractivity (Wildman–Crippen MR) is 43.9 cm³/mol. The van der Waals surface area contributed by atoms with Crippen LogP contribution in [0.1, 0.15) is 26.7 Å². The largest absolute Gasteiger partial charge is 0.330 e. The van der Waals surface area contributed by atoms with Crippen molar-refractivity contribution >= 4 is 0 Å². The molecule has 0 saturated heterocycles. The van der Waals surface area contributed by atoms with Gasteiger partial charge in [0.15, 0.2) is 0 Å². The molecule has 0 aromatic carbocycles. The van der Waals surface area contributed by atoms with Gasteiger partial charge in [0.25, 0.3) is 0 Å². The molecule has 0 unspecified atom stereocenters. The maximum atomic E-state index is 10.2. The summed E-state index contributed by atoms with van der Waals surface area (Å²) in [6.07, 6.45) is 1.56. The van der Waals surface area contributed by atoms with Crippen LogP contribution >= 0.6 is 0 Å². The summed E-state index contributed by atoms with van der Waals surface area (Å²) in [6, 6.07) is 0. The maximum Gasteiger partial charge on any atom is 0.210 e. The zero-order chi connectivity index (χ0) is 8.91. The summed E-state index contributed by atoms with van der Waals surface area (Å²) in [5.41, 5.74) is 5.20. The minimum Gasteiger partial charge on any atom is -0.330 e. The molecule has 0 aliphatic rings. The van der Waals surface area contributed by atoms with Gasteiger partial charge in [-0.15, -0.1) is 0 Å². The van der Waals surface area contributed by atoms with Crippen LogP contribution in [0.5, 0.6) is 0 Å². The van der Waals surface area contributed by atoms with Crippen molar-refractivity contribution in [1.82, 2.24) is 0 Å². The van der Waals surface area contributed by atoms with Crippen molar-refractivity contribution in [3.8, 4) is 0 Å². The van der Waals surface area contributed by atoms with E-state index in [4.69, 9.17) is 5.73 Å². The van der Waals surface area contributed by atoms with Gasteiger partial charge in [-0.25, -0.2) is 0 Å². The van der Waals surface area contributed by atoms with E-state index in [0.29, 0.717) is 6.54 Å². The molecule has 0 spiro atoms. The Labute approximate surface area is 66.9 Å². The van der Waals surface area contributed by atoms with Crippen LogP contribution in [0.2, 0.25) is 0 Å². The smallest absolute Gasteiger partial charge is 0.210 e. The highest BCUT2D eigenvalue weighted by Crippen LogP contribution is 2.24. The number of hydrogen-bond acceptors (Lipinski definition) is 3. The average molecular weight is 160 g/mol. The lowest BCUT2D eigenvalue weighted by Gasteiger charge is -2.24. The predicted octanol–water partition coefficient (Wildman–Crippen LogP) is 1.03. The van der Waals surface area contributed by atoms with E-state index in [0.717, 1.165) is 12.8 Å². The zero-order valence-electron chi connectivity index (χ0n) is 7.17. The molecule has 4 heteroatoms. The summed E-state index contributed by atoms with van der Waals surface area (Å²) in [7, 11) is 0. The third-order valence-corrected chi connectivity index (χ3v) is 2.40.